The van der Waals surface area contributed by atoms with E-state index in [1.807, 2.05) is 0 Å². The van der Waals surface area contributed by atoms with Gasteiger partial charge in [0.1, 0.15) is 6.54 Å². The van der Waals surface area contributed by atoms with Crippen molar-refractivity contribution in [1.82, 2.24) is 10.2 Å². The Morgan fingerprint density at radius 3 is 2.20 bits per heavy atom. The minimum absolute atomic E-state index is 0.0626. The highest BCUT2D eigenvalue weighted by Crippen LogP contribution is 2.24. The van der Waals surface area contributed by atoms with Crippen molar-refractivity contribution in [1.29, 1.82) is 0 Å². The van der Waals surface area contributed by atoms with Crippen LogP contribution in [0.25, 0.3) is 0 Å². The molecule has 0 atom stereocenters. The summed E-state index contributed by atoms with van der Waals surface area (Å²) < 4.78 is 38.5. The molecule has 0 radical (unpaired) electrons. The van der Waals surface area contributed by atoms with Gasteiger partial charge in [-0.05, 0) is 45.2 Å². The molecule has 0 spiro atoms. The van der Waals surface area contributed by atoms with Crippen molar-refractivity contribution < 1.29 is 22.8 Å². The Morgan fingerprint density at radius 2 is 1.72 bits per heavy atom. The molecule has 140 valence electrons. The number of nitrogens with one attached hydrogen (secondary N) is 1. The highest BCUT2D eigenvalue weighted by Gasteiger charge is 2.34. The summed E-state index contributed by atoms with van der Waals surface area (Å²) in [6, 6.07) is 5.45. The Balaban J connectivity index is 2.82. The lowest BCUT2D eigenvalue weighted by molar-refractivity contribution is -0.133. The fourth-order valence-corrected chi connectivity index (χ4v) is 2.23. The number of carbonyl (C=O) groups excluding carboxylic acids is 2. The Bertz CT molecular complexity index is 591. The first-order valence-corrected chi connectivity index (χ1v) is 7.96. The van der Waals surface area contributed by atoms with Crippen molar-refractivity contribution in [3.63, 3.8) is 0 Å². The molecule has 5 nitrogen and oxygen atoms in total. The van der Waals surface area contributed by atoms with Crippen LogP contribution in [0.1, 0.15) is 13.8 Å². The maximum absolute atomic E-state index is 12.8. The summed E-state index contributed by atoms with van der Waals surface area (Å²) in [5.41, 5.74) is 0.0896. The summed E-state index contributed by atoms with van der Waals surface area (Å²) in [5, 5.41) is 3.00. The van der Waals surface area contributed by atoms with Crippen LogP contribution in [0.5, 0.6) is 0 Å². The average molecular weight is 380 g/mol. The second-order valence-electron chi connectivity index (χ2n) is 5.97. The van der Waals surface area contributed by atoms with E-state index in [0.29, 0.717) is 9.92 Å². The predicted molar refractivity (Wildman–Crippen MR) is 90.6 cm³/mol. The van der Waals surface area contributed by atoms with Crippen LogP contribution in [0.2, 0.25) is 5.02 Å². The van der Waals surface area contributed by atoms with E-state index in [9.17, 15) is 22.8 Å². The number of likely N-dealkylation sites (N-methyl/N-ethyl adjacent to an activating group) is 1. The molecular formula is C16H21ClF3N3O2. The third-order valence-electron chi connectivity index (χ3n) is 3.05. The van der Waals surface area contributed by atoms with Gasteiger partial charge in [-0.2, -0.15) is 13.2 Å². The van der Waals surface area contributed by atoms with Gasteiger partial charge in [-0.1, -0.05) is 11.6 Å². The molecule has 0 bridgehead atoms. The van der Waals surface area contributed by atoms with Gasteiger partial charge in [-0.25, -0.2) is 0 Å². The predicted octanol–water partition coefficient (Wildman–Crippen LogP) is 2.69. The summed E-state index contributed by atoms with van der Waals surface area (Å²) >= 11 is 5.73. The quantitative estimate of drug-likeness (QED) is 0.792. The number of alkyl halides is 3. The standard InChI is InChI=1S/C16H21ClF3N3O2/c1-11(2)21-14(24)8-22(3)9-15(25)23(10-16(18,19)20)13-6-4-12(17)5-7-13/h4-7,11H,8-10H2,1-3H3,(H,21,24). The first-order chi connectivity index (χ1) is 11.5. The van der Waals surface area contributed by atoms with Crippen molar-refractivity contribution in [2.45, 2.75) is 26.1 Å². The second kappa shape index (κ2) is 9.05. The van der Waals surface area contributed by atoms with Crippen LogP contribution in [0.3, 0.4) is 0 Å². The number of carbonyl (C=O) groups is 2. The van der Waals surface area contributed by atoms with Gasteiger partial charge in [-0.15, -0.1) is 0 Å². The molecule has 0 aliphatic carbocycles. The third kappa shape index (κ3) is 8.22. The topological polar surface area (TPSA) is 52.7 Å². The Kier molecular flexibility index (Phi) is 7.69. The Labute approximate surface area is 149 Å². The Hall–Kier alpha value is -1.80. The SMILES string of the molecule is CC(C)NC(=O)CN(C)CC(=O)N(CC(F)(F)F)c1ccc(Cl)cc1. The van der Waals surface area contributed by atoms with Gasteiger partial charge in [0, 0.05) is 16.8 Å². The van der Waals surface area contributed by atoms with Crippen molar-refractivity contribution >= 4 is 29.1 Å². The van der Waals surface area contributed by atoms with Crippen LogP contribution >= 0.6 is 11.6 Å². The van der Waals surface area contributed by atoms with E-state index >= 15 is 0 Å². The largest absolute Gasteiger partial charge is 0.406 e. The summed E-state index contributed by atoms with van der Waals surface area (Å²) in [5.74, 6) is -1.07. The molecule has 0 unspecified atom stereocenters. The fourth-order valence-electron chi connectivity index (χ4n) is 2.11. The summed E-state index contributed by atoms with van der Waals surface area (Å²) in [4.78, 5) is 26.0. The molecule has 0 fully saturated rings. The van der Waals surface area contributed by atoms with E-state index in [2.05, 4.69) is 5.32 Å². The maximum atomic E-state index is 12.8. The zero-order chi connectivity index (χ0) is 19.2. The smallest absolute Gasteiger partial charge is 0.353 e. The first kappa shape index (κ1) is 21.2. The molecule has 1 aromatic rings. The normalized spacial score (nSPS) is 11.7. The monoisotopic (exact) mass is 379 g/mol. The lowest BCUT2D eigenvalue weighted by Gasteiger charge is -2.26. The van der Waals surface area contributed by atoms with E-state index in [1.54, 1.807) is 13.8 Å². The zero-order valence-electron chi connectivity index (χ0n) is 14.2. The van der Waals surface area contributed by atoms with Gasteiger partial charge in [0.15, 0.2) is 0 Å². The molecule has 0 aliphatic rings. The van der Waals surface area contributed by atoms with Gasteiger partial charge in [0.2, 0.25) is 11.8 Å². The molecule has 1 aromatic carbocycles. The number of amides is 2. The molecule has 9 heteroatoms. The van der Waals surface area contributed by atoms with Crippen LogP contribution in [-0.2, 0) is 9.59 Å². The van der Waals surface area contributed by atoms with E-state index in [0.717, 1.165) is 0 Å². The summed E-state index contributed by atoms with van der Waals surface area (Å²) in [6.07, 6.45) is -4.55. The van der Waals surface area contributed by atoms with Crippen LogP contribution in [0.4, 0.5) is 18.9 Å². The number of halogens is 4. The van der Waals surface area contributed by atoms with Crippen molar-refractivity contribution in [3.8, 4) is 0 Å². The van der Waals surface area contributed by atoms with Gasteiger partial charge in [0.25, 0.3) is 0 Å². The Morgan fingerprint density at radius 1 is 1.16 bits per heavy atom. The second-order valence-corrected chi connectivity index (χ2v) is 6.40. The van der Waals surface area contributed by atoms with Gasteiger partial charge in [-0.3, -0.25) is 14.5 Å². The van der Waals surface area contributed by atoms with Crippen LogP contribution in [-0.4, -0.2) is 55.6 Å². The number of rotatable bonds is 7. The van der Waals surface area contributed by atoms with Crippen LogP contribution in [0, 0.1) is 0 Å². The number of hydrogen-bond donors (Lipinski definition) is 1. The lowest BCUT2D eigenvalue weighted by Crippen LogP contribution is -2.46. The third-order valence-corrected chi connectivity index (χ3v) is 3.30. The van der Waals surface area contributed by atoms with Gasteiger partial charge in [0.05, 0.1) is 13.1 Å². The van der Waals surface area contributed by atoms with E-state index in [1.165, 1.54) is 36.2 Å². The van der Waals surface area contributed by atoms with Crippen molar-refractivity contribution in [2.75, 3.05) is 31.6 Å². The van der Waals surface area contributed by atoms with Gasteiger partial charge >= 0.3 is 6.18 Å². The molecule has 25 heavy (non-hydrogen) atoms. The number of nitrogens with zero attached hydrogens (tertiary/aromatic N) is 2. The van der Waals surface area contributed by atoms with Gasteiger partial charge < -0.3 is 10.2 Å². The number of benzene rings is 1. The van der Waals surface area contributed by atoms with Crippen LogP contribution in [0.15, 0.2) is 24.3 Å². The van der Waals surface area contributed by atoms with Crippen molar-refractivity contribution in [3.05, 3.63) is 29.3 Å². The molecule has 0 aliphatic heterocycles. The first-order valence-electron chi connectivity index (χ1n) is 7.58. The maximum Gasteiger partial charge on any atom is 0.406 e. The highest BCUT2D eigenvalue weighted by molar-refractivity contribution is 6.30. The highest BCUT2D eigenvalue weighted by atomic mass is 35.5. The average Bonchev–Trinajstić information content (AvgIpc) is 2.43. The van der Waals surface area contributed by atoms with Crippen LogP contribution < -0.4 is 10.2 Å². The number of hydrogen-bond acceptors (Lipinski definition) is 3. The summed E-state index contributed by atoms with van der Waals surface area (Å²) in [6.45, 7) is 1.73. The minimum atomic E-state index is -4.55. The lowest BCUT2D eigenvalue weighted by atomic mass is 10.2. The van der Waals surface area contributed by atoms with E-state index in [4.69, 9.17) is 11.6 Å². The molecule has 0 saturated heterocycles. The molecule has 2 amide bonds. The molecule has 1 N–H and O–H groups in total. The van der Waals surface area contributed by atoms with E-state index in [-0.39, 0.29) is 30.7 Å². The molecule has 0 aromatic heterocycles. The fraction of sp³-hybridized carbons (Fsp3) is 0.500. The molecular weight excluding hydrogens is 359 g/mol. The van der Waals surface area contributed by atoms with E-state index < -0.39 is 18.6 Å². The molecule has 0 heterocycles. The zero-order valence-corrected chi connectivity index (χ0v) is 15.0. The summed E-state index contributed by atoms with van der Waals surface area (Å²) in [7, 11) is 1.49. The molecule has 1 rings (SSSR count). The van der Waals surface area contributed by atoms with Crippen molar-refractivity contribution in [2.24, 2.45) is 0 Å². The molecule has 0 saturated carbocycles. The number of anilines is 1. The minimum Gasteiger partial charge on any atom is -0.353 e.